The molecule has 4 aromatic carbocycles. The maximum absolute atomic E-state index is 13.7. The number of carbonyl (C=O) groups is 2. The van der Waals surface area contributed by atoms with Gasteiger partial charge in [0.25, 0.3) is 5.91 Å². The van der Waals surface area contributed by atoms with Gasteiger partial charge in [0.1, 0.15) is 6.61 Å². The highest BCUT2D eigenvalue weighted by atomic mass is 35.5. The second-order valence-corrected chi connectivity index (χ2v) is 13.0. The van der Waals surface area contributed by atoms with E-state index in [9.17, 15) is 14.7 Å². The summed E-state index contributed by atoms with van der Waals surface area (Å²) in [6, 6.07) is 30.7. The van der Waals surface area contributed by atoms with Crippen LogP contribution in [-0.4, -0.2) is 34.1 Å². The Morgan fingerprint density at radius 1 is 0.957 bits per heavy atom. The first-order valence-electron chi connectivity index (χ1n) is 14.5. The SMILES string of the molecule is COc1cc(C2C(C(=O)/C=C/c3ccccc3)=C(O)C(=O)N2c2nnc(SCc3ccc(Cl)cc3)s2)ccc1OCc1ccccc1. The van der Waals surface area contributed by atoms with Crippen LogP contribution < -0.4 is 14.4 Å². The molecule has 1 amide bonds. The molecule has 5 aromatic rings. The van der Waals surface area contributed by atoms with Crippen molar-refractivity contribution in [1.82, 2.24) is 10.2 Å². The van der Waals surface area contributed by atoms with E-state index in [1.807, 2.05) is 84.9 Å². The molecule has 1 aliphatic heterocycles. The van der Waals surface area contributed by atoms with Gasteiger partial charge in [-0.05, 0) is 52.6 Å². The fourth-order valence-corrected chi connectivity index (χ4v) is 6.94. The Bertz CT molecular complexity index is 1950. The standard InChI is InChI=1S/C36H28ClN3O5S2/c1-44-30-20-26(15-19-29(30)45-21-24-10-6-3-7-11-24)32-31(28(41)18-14-23-8-4-2-5-9-23)33(42)34(43)40(32)35-38-39-36(47-35)46-22-25-12-16-27(37)17-13-25/h2-20,32,42H,21-22H2,1H3/b18-14+. The Balaban J connectivity index is 1.33. The lowest BCUT2D eigenvalue weighted by Crippen LogP contribution is -2.30. The van der Waals surface area contributed by atoms with Crippen molar-refractivity contribution >= 4 is 57.6 Å². The summed E-state index contributed by atoms with van der Waals surface area (Å²) in [6.07, 6.45) is 3.00. The van der Waals surface area contributed by atoms with E-state index in [0.717, 1.165) is 16.7 Å². The number of aromatic nitrogens is 2. The van der Waals surface area contributed by atoms with Crippen molar-refractivity contribution in [3.8, 4) is 11.5 Å². The number of rotatable bonds is 12. The summed E-state index contributed by atoms with van der Waals surface area (Å²) < 4.78 is 12.3. The molecule has 11 heteroatoms. The smallest absolute Gasteiger partial charge is 0.296 e. The number of ether oxygens (including phenoxy) is 2. The number of carbonyl (C=O) groups excluding carboxylic acids is 2. The third-order valence-corrected chi connectivity index (χ3v) is 9.70. The Morgan fingerprint density at radius 3 is 2.40 bits per heavy atom. The number of ketones is 1. The Morgan fingerprint density at radius 2 is 1.68 bits per heavy atom. The van der Waals surface area contributed by atoms with Gasteiger partial charge in [0.2, 0.25) is 5.13 Å². The number of methoxy groups -OCH3 is 1. The number of aliphatic hydroxyl groups is 1. The zero-order chi connectivity index (χ0) is 32.8. The summed E-state index contributed by atoms with van der Waals surface area (Å²) >= 11 is 8.67. The molecule has 0 fully saturated rings. The minimum absolute atomic E-state index is 0.0762. The molecule has 1 atom stereocenters. The third kappa shape index (κ3) is 7.41. The van der Waals surface area contributed by atoms with Gasteiger partial charge in [-0.3, -0.25) is 14.5 Å². The van der Waals surface area contributed by atoms with Crippen molar-refractivity contribution in [1.29, 1.82) is 0 Å². The molecule has 1 aromatic heterocycles. The molecule has 0 aliphatic carbocycles. The number of nitrogens with zero attached hydrogens (tertiary/aromatic N) is 3. The first-order chi connectivity index (χ1) is 22.9. The van der Waals surface area contributed by atoms with E-state index in [1.54, 1.807) is 24.3 Å². The molecule has 6 rings (SSSR count). The lowest BCUT2D eigenvalue weighted by molar-refractivity contribution is -0.117. The van der Waals surface area contributed by atoms with Crippen molar-refractivity contribution in [2.45, 2.75) is 22.7 Å². The Labute approximate surface area is 285 Å². The molecule has 1 aliphatic rings. The van der Waals surface area contributed by atoms with Crippen LogP contribution in [0.5, 0.6) is 11.5 Å². The van der Waals surface area contributed by atoms with Gasteiger partial charge in [-0.1, -0.05) is 120 Å². The van der Waals surface area contributed by atoms with Crippen molar-refractivity contribution in [2.75, 3.05) is 12.0 Å². The number of anilines is 1. The molecule has 1 unspecified atom stereocenters. The molecule has 2 heterocycles. The van der Waals surface area contributed by atoms with Gasteiger partial charge in [0.15, 0.2) is 27.4 Å². The van der Waals surface area contributed by atoms with E-state index in [0.29, 0.717) is 38.8 Å². The molecule has 0 bridgehead atoms. The fourth-order valence-electron chi connectivity index (χ4n) is 4.99. The van der Waals surface area contributed by atoms with E-state index >= 15 is 0 Å². The molecule has 47 heavy (non-hydrogen) atoms. The monoisotopic (exact) mass is 681 g/mol. The summed E-state index contributed by atoms with van der Waals surface area (Å²) in [6.45, 7) is 0.320. The maximum Gasteiger partial charge on any atom is 0.296 e. The minimum Gasteiger partial charge on any atom is -0.503 e. The molecular weight excluding hydrogens is 654 g/mol. The first kappa shape index (κ1) is 32.1. The normalized spacial score (nSPS) is 14.6. The number of benzene rings is 4. The summed E-state index contributed by atoms with van der Waals surface area (Å²) in [7, 11) is 1.52. The molecular formula is C36H28ClN3O5S2. The van der Waals surface area contributed by atoms with Crippen molar-refractivity contribution in [2.24, 2.45) is 0 Å². The van der Waals surface area contributed by atoms with Crippen LogP contribution in [-0.2, 0) is 21.9 Å². The van der Waals surface area contributed by atoms with Crippen LogP contribution in [0.2, 0.25) is 5.02 Å². The zero-order valence-corrected chi connectivity index (χ0v) is 27.5. The van der Waals surface area contributed by atoms with Crippen LogP contribution in [0.1, 0.15) is 28.3 Å². The molecule has 0 spiro atoms. The summed E-state index contributed by atoms with van der Waals surface area (Å²) in [5, 5.41) is 20.7. The molecule has 8 nitrogen and oxygen atoms in total. The topological polar surface area (TPSA) is 102 Å². The zero-order valence-electron chi connectivity index (χ0n) is 25.1. The quantitative estimate of drug-likeness (QED) is 0.0798. The highest BCUT2D eigenvalue weighted by molar-refractivity contribution is 8.00. The predicted octanol–water partition coefficient (Wildman–Crippen LogP) is 8.25. The van der Waals surface area contributed by atoms with Gasteiger partial charge < -0.3 is 14.6 Å². The summed E-state index contributed by atoms with van der Waals surface area (Å²) in [4.78, 5) is 28.7. The number of aliphatic hydroxyl groups excluding tert-OH is 1. The number of amides is 1. The highest BCUT2D eigenvalue weighted by Gasteiger charge is 2.45. The molecule has 236 valence electrons. The summed E-state index contributed by atoms with van der Waals surface area (Å²) in [5.41, 5.74) is 3.27. The van der Waals surface area contributed by atoms with E-state index in [-0.39, 0.29) is 10.7 Å². The van der Waals surface area contributed by atoms with Crippen LogP contribution in [0.25, 0.3) is 6.08 Å². The van der Waals surface area contributed by atoms with Crippen molar-refractivity contribution < 1.29 is 24.2 Å². The van der Waals surface area contributed by atoms with Crippen LogP contribution >= 0.6 is 34.7 Å². The molecule has 0 radical (unpaired) electrons. The number of hydrogen-bond acceptors (Lipinski definition) is 9. The number of allylic oxidation sites excluding steroid dienone is 1. The minimum atomic E-state index is -1.01. The van der Waals surface area contributed by atoms with Gasteiger partial charge >= 0.3 is 0 Å². The fraction of sp³-hybridized carbons (Fsp3) is 0.111. The van der Waals surface area contributed by atoms with Crippen LogP contribution in [0.4, 0.5) is 5.13 Å². The van der Waals surface area contributed by atoms with Crippen LogP contribution in [0.15, 0.2) is 125 Å². The van der Waals surface area contributed by atoms with Gasteiger partial charge in [-0.15, -0.1) is 10.2 Å². The van der Waals surface area contributed by atoms with Gasteiger partial charge in [0, 0.05) is 10.8 Å². The highest BCUT2D eigenvalue weighted by Crippen LogP contribution is 2.45. The van der Waals surface area contributed by atoms with Crippen LogP contribution in [0.3, 0.4) is 0 Å². The van der Waals surface area contributed by atoms with Crippen LogP contribution in [0, 0.1) is 0 Å². The number of halogens is 1. The average Bonchev–Trinajstić information content (AvgIpc) is 3.68. The first-order valence-corrected chi connectivity index (χ1v) is 16.7. The second-order valence-electron chi connectivity index (χ2n) is 10.4. The third-order valence-electron chi connectivity index (χ3n) is 7.32. The van der Waals surface area contributed by atoms with Crippen molar-refractivity contribution in [3.63, 3.8) is 0 Å². The van der Waals surface area contributed by atoms with Gasteiger partial charge in [-0.25, -0.2) is 0 Å². The van der Waals surface area contributed by atoms with Crippen molar-refractivity contribution in [3.05, 3.63) is 148 Å². The van der Waals surface area contributed by atoms with E-state index in [4.69, 9.17) is 21.1 Å². The van der Waals surface area contributed by atoms with Gasteiger partial charge in [0.05, 0.1) is 18.7 Å². The van der Waals surface area contributed by atoms with E-state index in [1.165, 1.54) is 41.2 Å². The lowest BCUT2D eigenvalue weighted by atomic mass is 9.95. The molecule has 1 N–H and O–H groups in total. The largest absolute Gasteiger partial charge is 0.503 e. The van der Waals surface area contributed by atoms with Gasteiger partial charge in [-0.2, -0.15) is 0 Å². The summed E-state index contributed by atoms with van der Waals surface area (Å²) in [5.74, 6) is -0.412. The average molecular weight is 682 g/mol. The number of hydrogen-bond donors (Lipinski definition) is 1. The predicted molar refractivity (Wildman–Crippen MR) is 185 cm³/mol. The Kier molecular flexibility index (Phi) is 10.0. The molecule has 0 saturated heterocycles. The second kappa shape index (κ2) is 14.7. The Hall–Kier alpha value is -4.90. The lowest BCUT2D eigenvalue weighted by Gasteiger charge is -2.24. The number of thioether (sulfide) groups is 1. The molecule has 0 saturated carbocycles. The van der Waals surface area contributed by atoms with E-state index < -0.39 is 23.5 Å². The maximum atomic E-state index is 13.7. The van der Waals surface area contributed by atoms with E-state index in [2.05, 4.69) is 10.2 Å².